The quantitative estimate of drug-likeness (QED) is 0.546. The zero-order chi connectivity index (χ0) is 22.9. The summed E-state index contributed by atoms with van der Waals surface area (Å²) < 4.78 is 7.88. The molecule has 7 nitrogen and oxygen atoms in total. The average molecular weight is 465 g/mol. The predicted molar refractivity (Wildman–Crippen MR) is 126 cm³/mol. The van der Waals surface area contributed by atoms with Gasteiger partial charge >= 0.3 is 0 Å². The van der Waals surface area contributed by atoms with Gasteiger partial charge in [-0.15, -0.1) is 0 Å². The average Bonchev–Trinajstić information content (AvgIpc) is 3.28. The fourth-order valence-corrected chi connectivity index (χ4v) is 4.47. The molecule has 2 aliphatic heterocycles. The van der Waals surface area contributed by atoms with Crippen molar-refractivity contribution in [2.24, 2.45) is 0 Å². The van der Waals surface area contributed by atoms with Crippen molar-refractivity contribution >= 4 is 29.0 Å². The third-order valence-electron chi connectivity index (χ3n) is 6.30. The fourth-order valence-electron chi connectivity index (χ4n) is 4.35. The molecule has 0 radical (unpaired) electrons. The lowest BCUT2D eigenvalue weighted by Crippen LogP contribution is -2.48. The van der Waals surface area contributed by atoms with Gasteiger partial charge < -0.3 is 14.5 Å². The number of nitrogens with zero attached hydrogens (tertiary/aromatic N) is 4. The number of amides is 1. The van der Waals surface area contributed by atoms with E-state index in [-0.39, 0.29) is 17.8 Å². The molecular formula is C25H25ClN4O3. The summed E-state index contributed by atoms with van der Waals surface area (Å²) in [4.78, 5) is 28.7. The molecule has 1 fully saturated rings. The molecule has 2 aromatic carbocycles. The van der Waals surface area contributed by atoms with Crippen LogP contribution in [0.2, 0.25) is 5.02 Å². The normalized spacial score (nSPS) is 18.2. The Hall–Kier alpha value is -3.16. The molecule has 0 N–H and O–H groups in total. The number of hydrogen-bond acceptors (Lipinski definition) is 5. The summed E-state index contributed by atoms with van der Waals surface area (Å²) in [5.74, 6) is 0.0103. The van der Waals surface area contributed by atoms with Crippen molar-refractivity contribution in [3.63, 3.8) is 0 Å². The number of ether oxygens (including phenoxy) is 1. The Balaban J connectivity index is 1.21. The van der Waals surface area contributed by atoms with Crippen LogP contribution in [0.1, 0.15) is 45.1 Å². The Morgan fingerprint density at radius 3 is 2.36 bits per heavy atom. The maximum absolute atomic E-state index is 13.1. The van der Waals surface area contributed by atoms with E-state index in [2.05, 4.69) is 10.00 Å². The molecule has 0 bridgehead atoms. The Morgan fingerprint density at radius 1 is 1.00 bits per heavy atom. The SMILES string of the molecule is CC(=O)c1ccc(N2CCN(C(=O)c3cc4n(n3)C[C@H](c3ccc(Cl)cc3)OC4)CC2)cc1. The minimum atomic E-state index is -0.115. The molecule has 0 spiro atoms. The molecule has 0 aliphatic carbocycles. The van der Waals surface area contributed by atoms with E-state index >= 15 is 0 Å². The summed E-state index contributed by atoms with van der Waals surface area (Å²) in [6.45, 7) is 5.27. The van der Waals surface area contributed by atoms with E-state index in [9.17, 15) is 9.59 Å². The Kier molecular flexibility index (Phi) is 5.91. The lowest BCUT2D eigenvalue weighted by Gasteiger charge is -2.35. The van der Waals surface area contributed by atoms with Gasteiger partial charge in [0.25, 0.3) is 5.91 Å². The van der Waals surface area contributed by atoms with Crippen LogP contribution in [0.15, 0.2) is 54.6 Å². The minimum absolute atomic E-state index is 0.0495. The predicted octanol–water partition coefficient (Wildman–Crippen LogP) is 3.97. The lowest BCUT2D eigenvalue weighted by molar-refractivity contribution is -0.00121. The van der Waals surface area contributed by atoms with Crippen LogP contribution in [0.3, 0.4) is 0 Å². The van der Waals surface area contributed by atoms with E-state index in [1.165, 1.54) is 0 Å². The second-order valence-corrected chi connectivity index (χ2v) is 8.87. The molecule has 1 aromatic heterocycles. The second kappa shape index (κ2) is 9.00. The van der Waals surface area contributed by atoms with Crippen LogP contribution in [-0.4, -0.2) is 52.5 Å². The van der Waals surface area contributed by atoms with Gasteiger partial charge in [-0.2, -0.15) is 5.10 Å². The molecule has 5 rings (SSSR count). The van der Waals surface area contributed by atoms with Crippen molar-refractivity contribution in [1.82, 2.24) is 14.7 Å². The van der Waals surface area contributed by atoms with E-state index in [0.717, 1.165) is 30.0 Å². The first-order chi connectivity index (χ1) is 16.0. The van der Waals surface area contributed by atoms with E-state index in [1.54, 1.807) is 6.92 Å². The standard InChI is InChI=1S/C25H25ClN4O3/c1-17(31)18-4-8-21(9-5-18)28-10-12-29(13-11-28)25(32)23-14-22-16-33-24(15-30(22)27-23)19-2-6-20(26)7-3-19/h2-9,14,24H,10-13,15-16H2,1H3/t24-/m1/s1. The maximum Gasteiger partial charge on any atom is 0.274 e. The number of rotatable bonds is 4. The Labute approximate surface area is 197 Å². The highest BCUT2D eigenvalue weighted by Gasteiger charge is 2.28. The summed E-state index contributed by atoms with van der Waals surface area (Å²) >= 11 is 5.99. The molecule has 33 heavy (non-hydrogen) atoms. The van der Waals surface area contributed by atoms with Crippen LogP contribution < -0.4 is 4.90 Å². The molecule has 3 aromatic rings. The third-order valence-corrected chi connectivity index (χ3v) is 6.55. The number of carbonyl (C=O) groups excluding carboxylic acids is 2. The molecule has 0 saturated carbocycles. The number of ketones is 1. The van der Waals surface area contributed by atoms with Crippen LogP contribution in [0.5, 0.6) is 0 Å². The topological polar surface area (TPSA) is 67.7 Å². The molecule has 1 saturated heterocycles. The van der Waals surface area contributed by atoms with E-state index in [1.807, 2.05) is 64.2 Å². The van der Waals surface area contributed by atoms with Gasteiger partial charge in [-0.25, -0.2) is 0 Å². The molecule has 1 atom stereocenters. The van der Waals surface area contributed by atoms with Crippen molar-refractivity contribution < 1.29 is 14.3 Å². The molecule has 8 heteroatoms. The number of anilines is 1. The van der Waals surface area contributed by atoms with Crippen molar-refractivity contribution in [1.29, 1.82) is 0 Å². The Morgan fingerprint density at radius 2 is 1.70 bits per heavy atom. The zero-order valence-electron chi connectivity index (χ0n) is 18.4. The molecule has 3 heterocycles. The van der Waals surface area contributed by atoms with Crippen molar-refractivity contribution in [3.8, 4) is 0 Å². The van der Waals surface area contributed by atoms with Crippen molar-refractivity contribution in [2.75, 3.05) is 31.1 Å². The van der Waals surface area contributed by atoms with Crippen LogP contribution >= 0.6 is 11.6 Å². The first kappa shape index (κ1) is 21.7. The second-order valence-electron chi connectivity index (χ2n) is 8.44. The van der Waals surface area contributed by atoms with Gasteiger partial charge in [0.15, 0.2) is 11.5 Å². The van der Waals surface area contributed by atoms with E-state index in [4.69, 9.17) is 16.3 Å². The molecule has 170 valence electrons. The first-order valence-electron chi connectivity index (χ1n) is 11.1. The number of aromatic nitrogens is 2. The highest BCUT2D eigenvalue weighted by molar-refractivity contribution is 6.30. The third kappa shape index (κ3) is 4.51. The highest BCUT2D eigenvalue weighted by Crippen LogP contribution is 2.28. The summed E-state index contributed by atoms with van der Waals surface area (Å²) in [5, 5.41) is 5.29. The van der Waals surface area contributed by atoms with Crippen molar-refractivity contribution in [3.05, 3.63) is 82.1 Å². The minimum Gasteiger partial charge on any atom is -0.368 e. The van der Waals surface area contributed by atoms with Gasteiger partial charge in [-0.3, -0.25) is 14.3 Å². The molecule has 1 amide bonds. The fraction of sp³-hybridized carbons (Fsp3) is 0.320. The van der Waals surface area contributed by atoms with Crippen LogP contribution in [0.4, 0.5) is 5.69 Å². The van der Waals surface area contributed by atoms with Gasteiger partial charge in [-0.05, 0) is 55.0 Å². The summed E-state index contributed by atoms with van der Waals surface area (Å²) in [6, 6.07) is 17.1. The van der Waals surface area contributed by atoms with Crippen molar-refractivity contribution in [2.45, 2.75) is 26.2 Å². The van der Waals surface area contributed by atoms with Gasteiger partial charge in [0, 0.05) is 42.5 Å². The van der Waals surface area contributed by atoms with Crippen LogP contribution in [-0.2, 0) is 17.9 Å². The van der Waals surface area contributed by atoms with E-state index < -0.39 is 0 Å². The highest BCUT2D eigenvalue weighted by atomic mass is 35.5. The van der Waals surface area contributed by atoms with Gasteiger partial charge in [0.1, 0.15) is 6.10 Å². The maximum atomic E-state index is 13.1. The molecule has 2 aliphatic rings. The van der Waals surface area contributed by atoms with Crippen LogP contribution in [0.25, 0.3) is 0 Å². The first-order valence-corrected chi connectivity index (χ1v) is 11.4. The smallest absolute Gasteiger partial charge is 0.274 e. The zero-order valence-corrected chi connectivity index (χ0v) is 19.2. The molecule has 0 unspecified atom stereocenters. The number of Topliss-reactive ketones (excluding diaryl/α,β-unsaturated/α-hetero) is 1. The summed E-state index contributed by atoms with van der Waals surface area (Å²) in [7, 11) is 0. The molecular weight excluding hydrogens is 440 g/mol. The largest absolute Gasteiger partial charge is 0.368 e. The van der Waals surface area contributed by atoms with E-state index in [0.29, 0.717) is 42.5 Å². The Bertz CT molecular complexity index is 1170. The summed E-state index contributed by atoms with van der Waals surface area (Å²) in [5.41, 5.74) is 4.19. The number of benzene rings is 2. The van der Waals surface area contributed by atoms with Crippen LogP contribution in [0, 0.1) is 0 Å². The number of carbonyl (C=O) groups is 2. The number of piperazine rings is 1. The van der Waals surface area contributed by atoms with Gasteiger partial charge in [0.2, 0.25) is 0 Å². The number of hydrogen-bond donors (Lipinski definition) is 0. The monoisotopic (exact) mass is 464 g/mol. The summed E-state index contributed by atoms with van der Waals surface area (Å²) in [6.07, 6.45) is -0.115. The van der Waals surface area contributed by atoms with Gasteiger partial charge in [-0.1, -0.05) is 23.7 Å². The van der Waals surface area contributed by atoms with Gasteiger partial charge in [0.05, 0.1) is 18.8 Å². The number of fused-ring (bicyclic) bond motifs is 1. The number of halogens is 1. The lowest BCUT2D eigenvalue weighted by atomic mass is 10.1.